The summed E-state index contributed by atoms with van der Waals surface area (Å²) < 4.78 is 5.88. The van der Waals surface area contributed by atoms with Gasteiger partial charge in [0.15, 0.2) is 0 Å². The fourth-order valence-electron chi connectivity index (χ4n) is 1.87. The average Bonchev–Trinajstić information content (AvgIpc) is 2.24. The molecule has 15 heavy (non-hydrogen) atoms. The number of nitrogens with two attached hydrogens (primary N) is 1. The molecular weight excluding hydrogens is 188 g/mol. The molecule has 0 atom stereocenters. The molecule has 0 unspecified atom stereocenters. The number of piperidine rings is 1. The molecule has 3 heteroatoms. The van der Waals surface area contributed by atoms with Crippen LogP contribution < -0.4 is 15.8 Å². The summed E-state index contributed by atoms with van der Waals surface area (Å²) in [4.78, 5) is 0. The lowest BCUT2D eigenvalue weighted by Crippen LogP contribution is -2.34. The van der Waals surface area contributed by atoms with E-state index in [0.29, 0.717) is 6.10 Å². The summed E-state index contributed by atoms with van der Waals surface area (Å²) in [5.41, 5.74) is 7.81. The number of benzene rings is 1. The molecule has 1 saturated heterocycles. The van der Waals surface area contributed by atoms with Crippen molar-refractivity contribution in [1.82, 2.24) is 5.32 Å². The number of nitrogens with one attached hydrogen (secondary N) is 1. The van der Waals surface area contributed by atoms with E-state index >= 15 is 0 Å². The van der Waals surface area contributed by atoms with Gasteiger partial charge in [-0.05, 0) is 50.6 Å². The molecule has 0 spiro atoms. The van der Waals surface area contributed by atoms with Gasteiger partial charge in [-0.15, -0.1) is 0 Å². The molecule has 1 aromatic carbocycles. The quantitative estimate of drug-likeness (QED) is 0.724. The van der Waals surface area contributed by atoms with E-state index in [0.717, 1.165) is 37.4 Å². The van der Waals surface area contributed by atoms with Gasteiger partial charge < -0.3 is 15.8 Å². The summed E-state index contributed by atoms with van der Waals surface area (Å²) in [6, 6.07) is 5.95. The van der Waals surface area contributed by atoms with Crippen LogP contribution in [0.15, 0.2) is 18.2 Å². The predicted molar refractivity (Wildman–Crippen MR) is 62.1 cm³/mol. The Balaban J connectivity index is 2.03. The molecule has 3 nitrogen and oxygen atoms in total. The highest BCUT2D eigenvalue weighted by Gasteiger charge is 2.15. The SMILES string of the molecule is Cc1ccc(OC2CCNCC2)c(N)c1. The van der Waals surface area contributed by atoms with Crippen LogP contribution in [0.25, 0.3) is 0 Å². The fraction of sp³-hybridized carbons (Fsp3) is 0.500. The number of hydrogen-bond acceptors (Lipinski definition) is 3. The minimum absolute atomic E-state index is 0.316. The Labute approximate surface area is 90.6 Å². The number of aryl methyl sites for hydroxylation is 1. The van der Waals surface area contributed by atoms with Crippen LogP contribution in [0, 0.1) is 6.92 Å². The molecule has 1 aromatic rings. The van der Waals surface area contributed by atoms with E-state index < -0.39 is 0 Å². The van der Waals surface area contributed by atoms with Crippen LogP contribution >= 0.6 is 0 Å². The third-order valence-electron chi connectivity index (χ3n) is 2.75. The standard InChI is InChI=1S/C12H18N2O/c1-9-2-3-12(11(13)8-9)15-10-4-6-14-7-5-10/h2-3,8,10,14H,4-7,13H2,1H3. The maximum atomic E-state index is 5.90. The number of nitrogen functional groups attached to an aromatic ring is 1. The van der Waals surface area contributed by atoms with Gasteiger partial charge in [-0.25, -0.2) is 0 Å². The van der Waals surface area contributed by atoms with Gasteiger partial charge in [-0.3, -0.25) is 0 Å². The van der Waals surface area contributed by atoms with Crippen LogP contribution in [0.1, 0.15) is 18.4 Å². The van der Waals surface area contributed by atoms with Crippen molar-refractivity contribution in [2.45, 2.75) is 25.9 Å². The monoisotopic (exact) mass is 206 g/mol. The van der Waals surface area contributed by atoms with Crippen LogP contribution in [-0.2, 0) is 0 Å². The van der Waals surface area contributed by atoms with Crippen molar-refractivity contribution in [2.75, 3.05) is 18.8 Å². The first kappa shape index (κ1) is 10.3. The molecule has 1 aliphatic heterocycles. The Morgan fingerprint density at radius 1 is 1.33 bits per heavy atom. The minimum atomic E-state index is 0.316. The van der Waals surface area contributed by atoms with Crippen molar-refractivity contribution < 1.29 is 4.74 Å². The lowest BCUT2D eigenvalue weighted by molar-refractivity contribution is 0.163. The summed E-state index contributed by atoms with van der Waals surface area (Å²) in [7, 11) is 0. The molecule has 0 amide bonds. The van der Waals surface area contributed by atoms with Gasteiger partial charge in [0.1, 0.15) is 11.9 Å². The largest absolute Gasteiger partial charge is 0.488 e. The third kappa shape index (κ3) is 2.63. The van der Waals surface area contributed by atoms with E-state index in [1.54, 1.807) is 0 Å². The van der Waals surface area contributed by atoms with E-state index in [-0.39, 0.29) is 0 Å². The normalized spacial score (nSPS) is 17.7. The molecule has 0 radical (unpaired) electrons. The maximum Gasteiger partial charge on any atom is 0.142 e. The Hall–Kier alpha value is -1.22. The smallest absolute Gasteiger partial charge is 0.142 e. The van der Waals surface area contributed by atoms with E-state index in [1.165, 1.54) is 5.56 Å². The van der Waals surface area contributed by atoms with Gasteiger partial charge >= 0.3 is 0 Å². The van der Waals surface area contributed by atoms with Crippen LogP contribution in [-0.4, -0.2) is 19.2 Å². The van der Waals surface area contributed by atoms with Crippen LogP contribution in [0.3, 0.4) is 0 Å². The highest BCUT2D eigenvalue weighted by molar-refractivity contribution is 5.54. The molecule has 3 N–H and O–H groups in total. The number of hydrogen-bond donors (Lipinski definition) is 2. The Morgan fingerprint density at radius 3 is 2.73 bits per heavy atom. The molecule has 1 heterocycles. The van der Waals surface area contributed by atoms with Crippen molar-refractivity contribution in [2.24, 2.45) is 0 Å². The summed E-state index contributed by atoms with van der Waals surface area (Å²) >= 11 is 0. The van der Waals surface area contributed by atoms with Crippen molar-refractivity contribution in [3.63, 3.8) is 0 Å². The first-order chi connectivity index (χ1) is 7.25. The average molecular weight is 206 g/mol. The van der Waals surface area contributed by atoms with E-state index in [9.17, 15) is 0 Å². The Kier molecular flexibility index (Phi) is 3.11. The molecule has 1 fully saturated rings. The lowest BCUT2D eigenvalue weighted by Gasteiger charge is -2.24. The van der Waals surface area contributed by atoms with Crippen molar-refractivity contribution in [3.05, 3.63) is 23.8 Å². The van der Waals surface area contributed by atoms with E-state index in [4.69, 9.17) is 10.5 Å². The third-order valence-corrected chi connectivity index (χ3v) is 2.75. The highest BCUT2D eigenvalue weighted by atomic mass is 16.5. The lowest BCUT2D eigenvalue weighted by atomic mass is 10.1. The van der Waals surface area contributed by atoms with Gasteiger partial charge in [-0.1, -0.05) is 6.07 Å². The number of ether oxygens (including phenoxy) is 1. The second kappa shape index (κ2) is 4.53. The number of anilines is 1. The van der Waals surface area contributed by atoms with Crippen LogP contribution in [0.4, 0.5) is 5.69 Å². The first-order valence-corrected chi connectivity index (χ1v) is 5.49. The second-order valence-corrected chi connectivity index (χ2v) is 4.11. The van der Waals surface area contributed by atoms with Gasteiger partial charge in [0, 0.05) is 0 Å². The predicted octanol–water partition coefficient (Wildman–Crippen LogP) is 1.71. The van der Waals surface area contributed by atoms with Crippen LogP contribution in [0.2, 0.25) is 0 Å². The van der Waals surface area contributed by atoms with E-state index in [1.807, 2.05) is 25.1 Å². The molecule has 0 aromatic heterocycles. The molecule has 0 bridgehead atoms. The highest BCUT2D eigenvalue weighted by Crippen LogP contribution is 2.24. The molecule has 82 valence electrons. The fourth-order valence-corrected chi connectivity index (χ4v) is 1.87. The molecular formula is C12H18N2O. The Bertz CT molecular complexity index is 332. The van der Waals surface area contributed by atoms with Gasteiger partial charge in [-0.2, -0.15) is 0 Å². The topological polar surface area (TPSA) is 47.3 Å². The minimum Gasteiger partial charge on any atom is -0.488 e. The molecule has 1 aliphatic rings. The molecule has 0 aliphatic carbocycles. The van der Waals surface area contributed by atoms with Crippen LogP contribution in [0.5, 0.6) is 5.75 Å². The first-order valence-electron chi connectivity index (χ1n) is 5.49. The molecule has 0 saturated carbocycles. The number of rotatable bonds is 2. The summed E-state index contributed by atoms with van der Waals surface area (Å²) in [5.74, 6) is 0.826. The second-order valence-electron chi connectivity index (χ2n) is 4.11. The van der Waals surface area contributed by atoms with Crippen molar-refractivity contribution in [3.8, 4) is 5.75 Å². The summed E-state index contributed by atoms with van der Waals surface area (Å²) in [6.45, 7) is 4.11. The van der Waals surface area contributed by atoms with Crippen molar-refractivity contribution in [1.29, 1.82) is 0 Å². The zero-order valence-corrected chi connectivity index (χ0v) is 9.12. The van der Waals surface area contributed by atoms with E-state index in [2.05, 4.69) is 5.32 Å². The zero-order valence-electron chi connectivity index (χ0n) is 9.12. The van der Waals surface area contributed by atoms with Gasteiger partial charge in [0.25, 0.3) is 0 Å². The maximum absolute atomic E-state index is 5.90. The molecule has 2 rings (SSSR count). The summed E-state index contributed by atoms with van der Waals surface area (Å²) in [5, 5.41) is 3.31. The summed E-state index contributed by atoms with van der Waals surface area (Å²) in [6.07, 6.45) is 2.44. The zero-order chi connectivity index (χ0) is 10.7. The Morgan fingerprint density at radius 2 is 2.07 bits per heavy atom. The van der Waals surface area contributed by atoms with Crippen molar-refractivity contribution >= 4 is 5.69 Å². The van der Waals surface area contributed by atoms with Gasteiger partial charge in [0.2, 0.25) is 0 Å². The van der Waals surface area contributed by atoms with Gasteiger partial charge in [0.05, 0.1) is 5.69 Å².